The van der Waals surface area contributed by atoms with E-state index in [4.69, 9.17) is 18.9 Å². The molecule has 0 aliphatic carbocycles. The van der Waals surface area contributed by atoms with Gasteiger partial charge in [-0.25, -0.2) is 4.79 Å². The second kappa shape index (κ2) is 11.6. The van der Waals surface area contributed by atoms with Crippen LogP contribution in [0.15, 0.2) is 72.8 Å². The lowest BCUT2D eigenvalue weighted by molar-refractivity contribution is -0.0689. The molecule has 1 atom stereocenters. The van der Waals surface area contributed by atoms with Crippen molar-refractivity contribution in [2.75, 3.05) is 11.7 Å². The van der Waals surface area contributed by atoms with Gasteiger partial charge in [-0.3, -0.25) is 4.90 Å². The number of aliphatic hydroxyl groups is 1. The standard InChI is InChI=1S/C29H33NO6/c1-29(2,3)36-28(32)30-25-14-23(18-34-20-33-17-21-10-6-4-7-11-21)15-26(24(25)16-27(30)31)35-19-22-12-8-5-9-13-22/h4-15,27,31H,16-20H2,1-3H3. The maximum absolute atomic E-state index is 12.9. The number of aliphatic hydroxyl groups excluding tert-OH is 1. The number of hydrogen-bond donors (Lipinski definition) is 1. The first-order valence-corrected chi connectivity index (χ1v) is 12.0. The summed E-state index contributed by atoms with van der Waals surface area (Å²) >= 11 is 0. The molecule has 0 fully saturated rings. The fourth-order valence-electron chi connectivity index (χ4n) is 3.97. The van der Waals surface area contributed by atoms with Crippen molar-refractivity contribution in [3.63, 3.8) is 0 Å². The van der Waals surface area contributed by atoms with Crippen LogP contribution in [0.1, 0.15) is 43.0 Å². The SMILES string of the molecule is CC(C)(C)OC(=O)N1c2cc(COCOCc3ccccc3)cc(OCc3ccccc3)c2CC1O. The van der Waals surface area contributed by atoms with Crippen LogP contribution >= 0.6 is 0 Å². The van der Waals surface area contributed by atoms with E-state index in [1.54, 1.807) is 20.8 Å². The first-order chi connectivity index (χ1) is 17.3. The highest BCUT2D eigenvalue weighted by atomic mass is 16.7. The summed E-state index contributed by atoms with van der Waals surface area (Å²) in [5.41, 5.74) is 3.51. The van der Waals surface area contributed by atoms with Gasteiger partial charge in [-0.1, -0.05) is 60.7 Å². The van der Waals surface area contributed by atoms with Crippen LogP contribution in [-0.4, -0.2) is 29.8 Å². The molecule has 4 rings (SSSR count). The van der Waals surface area contributed by atoms with E-state index in [1.807, 2.05) is 72.8 Å². The van der Waals surface area contributed by atoms with Crippen molar-refractivity contribution < 1.29 is 28.8 Å². The molecule has 0 spiro atoms. The Labute approximate surface area is 212 Å². The highest BCUT2D eigenvalue weighted by Crippen LogP contribution is 2.40. The highest BCUT2D eigenvalue weighted by Gasteiger charge is 2.37. The largest absolute Gasteiger partial charge is 0.489 e. The maximum Gasteiger partial charge on any atom is 0.416 e. The summed E-state index contributed by atoms with van der Waals surface area (Å²) in [6.07, 6.45) is -1.40. The Morgan fingerprint density at radius 2 is 1.47 bits per heavy atom. The van der Waals surface area contributed by atoms with Gasteiger partial charge in [0, 0.05) is 12.0 Å². The Kier molecular flexibility index (Phi) is 8.25. The molecule has 1 amide bonds. The van der Waals surface area contributed by atoms with Crippen LogP contribution in [-0.2, 0) is 40.5 Å². The molecule has 1 aliphatic rings. The van der Waals surface area contributed by atoms with Gasteiger partial charge in [0.15, 0.2) is 0 Å². The van der Waals surface area contributed by atoms with E-state index in [9.17, 15) is 9.90 Å². The third-order valence-corrected chi connectivity index (χ3v) is 5.56. The summed E-state index contributed by atoms with van der Waals surface area (Å²) in [5, 5.41) is 10.8. The van der Waals surface area contributed by atoms with E-state index in [2.05, 4.69) is 0 Å². The fourth-order valence-corrected chi connectivity index (χ4v) is 3.97. The minimum atomic E-state index is -1.04. The van der Waals surface area contributed by atoms with Gasteiger partial charge in [0.2, 0.25) is 0 Å². The van der Waals surface area contributed by atoms with Crippen molar-refractivity contribution in [2.45, 2.75) is 58.8 Å². The van der Waals surface area contributed by atoms with Crippen molar-refractivity contribution in [1.29, 1.82) is 0 Å². The van der Waals surface area contributed by atoms with Crippen LogP contribution < -0.4 is 9.64 Å². The monoisotopic (exact) mass is 491 g/mol. The molecular formula is C29H33NO6. The Morgan fingerprint density at radius 3 is 2.08 bits per heavy atom. The Bertz CT molecular complexity index is 1140. The molecule has 0 aromatic heterocycles. The molecular weight excluding hydrogens is 458 g/mol. The van der Waals surface area contributed by atoms with Gasteiger partial charge in [-0.05, 0) is 49.6 Å². The van der Waals surface area contributed by atoms with Gasteiger partial charge >= 0.3 is 6.09 Å². The van der Waals surface area contributed by atoms with Gasteiger partial charge in [-0.2, -0.15) is 0 Å². The molecule has 7 nitrogen and oxygen atoms in total. The van der Waals surface area contributed by atoms with Crippen molar-refractivity contribution in [2.24, 2.45) is 0 Å². The third-order valence-electron chi connectivity index (χ3n) is 5.56. The Morgan fingerprint density at radius 1 is 0.889 bits per heavy atom. The number of carbonyl (C=O) groups is 1. The zero-order chi connectivity index (χ0) is 25.5. The lowest BCUT2D eigenvalue weighted by Gasteiger charge is -2.27. The zero-order valence-corrected chi connectivity index (χ0v) is 21.0. The van der Waals surface area contributed by atoms with Gasteiger partial charge in [0.05, 0.1) is 18.9 Å². The molecule has 1 heterocycles. The lowest BCUT2D eigenvalue weighted by Crippen LogP contribution is -2.41. The second-order valence-electron chi connectivity index (χ2n) is 9.70. The third kappa shape index (κ3) is 6.85. The minimum absolute atomic E-state index is 0.116. The van der Waals surface area contributed by atoms with Crippen LogP contribution in [0.2, 0.25) is 0 Å². The van der Waals surface area contributed by atoms with Crippen molar-refractivity contribution in [3.05, 3.63) is 95.1 Å². The number of benzene rings is 3. The topological polar surface area (TPSA) is 77.5 Å². The second-order valence-corrected chi connectivity index (χ2v) is 9.70. The minimum Gasteiger partial charge on any atom is -0.489 e. The lowest BCUT2D eigenvalue weighted by atomic mass is 10.1. The quantitative estimate of drug-likeness (QED) is 0.311. The number of hydrogen-bond acceptors (Lipinski definition) is 6. The van der Waals surface area contributed by atoms with Gasteiger partial charge < -0.3 is 24.1 Å². The number of ether oxygens (including phenoxy) is 4. The Balaban J connectivity index is 1.50. The van der Waals surface area contributed by atoms with Crippen LogP contribution in [0.5, 0.6) is 5.75 Å². The summed E-state index contributed by atoms with van der Waals surface area (Å²) in [5.74, 6) is 0.602. The number of anilines is 1. The summed E-state index contributed by atoms with van der Waals surface area (Å²) in [4.78, 5) is 14.2. The molecule has 3 aromatic carbocycles. The number of fused-ring (bicyclic) bond motifs is 1. The van der Waals surface area contributed by atoms with Gasteiger partial charge in [-0.15, -0.1) is 0 Å². The summed E-state index contributed by atoms with van der Waals surface area (Å²) in [7, 11) is 0. The molecule has 1 aliphatic heterocycles. The van der Waals surface area contributed by atoms with E-state index in [1.165, 1.54) is 4.90 Å². The van der Waals surface area contributed by atoms with Crippen molar-refractivity contribution in [3.8, 4) is 5.75 Å². The first kappa shape index (κ1) is 25.7. The number of carbonyl (C=O) groups excluding carboxylic acids is 1. The zero-order valence-electron chi connectivity index (χ0n) is 21.0. The summed E-state index contributed by atoms with van der Waals surface area (Å²) in [6.45, 7) is 6.56. The molecule has 1 N–H and O–H groups in total. The molecule has 0 saturated heterocycles. The Hall–Kier alpha value is -3.39. The molecule has 36 heavy (non-hydrogen) atoms. The molecule has 0 saturated carbocycles. The van der Waals surface area contributed by atoms with Crippen LogP contribution in [0.4, 0.5) is 10.5 Å². The van der Waals surface area contributed by atoms with E-state index < -0.39 is 17.9 Å². The number of rotatable bonds is 9. The highest BCUT2D eigenvalue weighted by molar-refractivity contribution is 5.92. The van der Waals surface area contributed by atoms with Crippen molar-refractivity contribution in [1.82, 2.24) is 0 Å². The number of amides is 1. The van der Waals surface area contributed by atoms with E-state index >= 15 is 0 Å². The van der Waals surface area contributed by atoms with Crippen LogP contribution in [0.25, 0.3) is 0 Å². The predicted molar refractivity (Wildman–Crippen MR) is 137 cm³/mol. The normalized spacial score (nSPS) is 15.0. The molecule has 0 radical (unpaired) electrons. The fraction of sp³-hybridized carbons (Fsp3) is 0.345. The molecule has 190 valence electrons. The average molecular weight is 492 g/mol. The van der Waals surface area contributed by atoms with E-state index in [0.717, 1.165) is 22.3 Å². The molecule has 1 unspecified atom stereocenters. The van der Waals surface area contributed by atoms with Crippen molar-refractivity contribution >= 4 is 11.8 Å². The van der Waals surface area contributed by atoms with Gasteiger partial charge in [0.25, 0.3) is 0 Å². The van der Waals surface area contributed by atoms with Crippen LogP contribution in [0.3, 0.4) is 0 Å². The van der Waals surface area contributed by atoms with Gasteiger partial charge in [0.1, 0.15) is 31.0 Å². The van der Waals surface area contributed by atoms with E-state index in [0.29, 0.717) is 24.7 Å². The smallest absolute Gasteiger partial charge is 0.416 e. The summed E-state index contributed by atoms with van der Waals surface area (Å²) < 4.78 is 23.1. The molecule has 0 bridgehead atoms. The maximum atomic E-state index is 12.9. The summed E-state index contributed by atoms with van der Waals surface area (Å²) in [6, 6.07) is 23.4. The van der Waals surface area contributed by atoms with Crippen LogP contribution in [0, 0.1) is 0 Å². The number of nitrogens with zero attached hydrogens (tertiary/aromatic N) is 1. The molecule has 7 heteroatoms. The van der Waals surface area contributed by atoms with E-state index in [-0.39, 0.29) is 19.8 Å². The predicted octanol–water partition coefficient (Wildman–Crippen LogP) is 5.57. The first-order valence-electron chi connectivity index (χ1n) is 12.0. The average Bonchev–Trinajstić information content (AvgIpc) is 3.18. The molecule has 3 aromatic rings.